The average molecular weight is 240 g/mol. The van der Waals surface area contributed by atoms with Crippen molar-refractivity contribution in [3.8, 4) is 5.75 Å². The number of para-hydroxylation sites is 1. The SMILES string of the molecule is Oc1cccc(C2CCN(c3ccccc3)N2)c1. The third-order valence-corrected chi connectivity index (χ3v) is 3.29. The lowest BCUT2D eigenvalue weighted by Gasteiger charge is -2.20. The van der Waals surface area contributed by atoms with Gasteiger partial charge in [0.15, 0.2) is 0 Å². The Morgan fingerprint density at radius 1 is 1.06 bits per heavy atom. The Kier molecular flexibility index (Phi) is 2.90. The molecule has 1 aliphatic heterocycles. The van der Waals surface area contributed by atoms with Gasteiger partial charge in [-0.15, -0.1) is 0 Å². The molecule has 3 heteroatoms. The van der Waals surface area contributed by atoms with Crippen molar-refractivity contribution in [1.29, 1.82) is 0 Å². The van der Waals surface area contributed by atoms with Crippen LogP contribution in [0.5, 0.6) is 5.75 Å². The van der Waals surface area contributed by atoms with Gasteiger partial charge in [-0.2, -0.15) is 0 Å². The number of phenolic OH excluding ortho intramolecular Hbond substituents is 1. The Morgan fingerprint density at radius 2 is 1.89 bits per heavy atom. The van der Waals surface area contributed by atoms with Crippen LogP contribution in [0.1, 0.15) is 18.0 Å². The number of hydrogen-bond acceptors (Lipinski definition) is 3. The van der Waals surface area contributed by atoms with Gasteiger partial charge >= 0.3 is 0 Å². The summed E-state index contributed by atoms with van der Waals surface area (Å²) in [6.45, 7) is 0.977. The van der Waals surface area contributed by atoms with Gasteiger partial charge in [0.2, 0.25) is 0 Å². The quantitative estimate of drug-likeness (QED) is 0.847. The Morgan fingerprint density at radius 3 is 2.67 bits per heavy atom. The number of nitrogens with zero attached hydrogens (tertiary/aromatic N) is 1. The molecule has 0 spiro atoms. The molecule has 1 aliphatic rings. The third-order valence-electron chi connectivity index (χ3n) is 3.29. The lowest BCUT2D eigenvalue weighted by atomic mass is 10.1. The molecule has 0 aromatic heterocycles. The molecule has 2 aromatic rings. The van der Waals surface area contributed by atoms with E-state index in [0.29, 0.717) is 5.75 Å². The highest BCUT2D eigenvalue weighted by Crippen LogP contribution is 2.27. The molecule has 0 amide bonds. The van der Waals surface area contributed by atoms with Crippen LogP contribution in [-0.4, -0.2) is 11.7 Å². The predicted octanol–water partition coefficient (Wildman–Crippen LogP) is 2.85. The maximum atomic E-state index is 9.51. The normalized spacial score (nSPS) is 19.1. The highest BCUT2D eigenvalue weighted by Gasteiger charge is 2.23. The van der Waals surface area contributed by atoms with Gasteiger partial charge in [-0.25, -0.2) is 5.43 Å². The van der Waals surface area contributed by atoms with Crippen molar-refractivity contribution in [3.63, 3.8) is 0 Å². The van der Waals surface area contributed by atoms with Crippen molar-refractivity contribution in [2.24, 2.45) is 0 Å². The summed E-state index contributed by atoms with van der Waals surface area (Å²) in [5.41, 5.74) is 5.79. The Labute approximate surface area is 107 Å². The van der Waals surface area contributed by atoms with Gasteiger partial charge in [-0.05, 0) is 36.2 Å². The van der Waals surface area contributed by atoms with Crippen LogP contribution in [0.4, 0.5) is 5.69 Å². The summed E-state index contributed by atoms with van der Waals surface area (Å²) in [7, 11) is 0. The van der Waals surface area contributed by atoms with E-state index in [9.17, 15) is 5.11 Å². The molecule has 3 rings (SSSR count). The van der Waals surface area contributed by atoms with Gasteiger partial charge in [0, 0.05) is 6.54 Å². The minimum Gasteiger partial charge on any atom is -0.508 e. The lowest BCUT2D eigenvalue weighted by molar-refractivity contribution is 0.473. The Balaban J connectivity index is 1.76. The topological polar surface area (TPSA) is 35.5 Å². The largest absolute Gasteiger partial charge is 0.508 e. The number of phenols is 1. The summed E-state index contributed by atoms with van der Waals surface area (Å²) in [4.78, 5) is 0. The first-order valence-electron chi connectivity index (χ1n) is 6.20. The summed E-state index contributed by atoms with van der Waals surface area (Å²) < 4.78 is 0. The van der Waals surface area contributed by atoms with Gasteiger partial charge < -0.3 is 10.1 Å². The van der Waals surface area contributed by atoms with Crippen molar-refractivity contribution in [2.45, 2.75) is 12.5 Å². The average Bonchev–Trinajstić information content (AvgIpc) is 2.89. The Hall–Kier alpha value is -2.00. The van der Waals surface area contributed by atoms with Crippen molar-refractivity contribution in [1.82, 2.24) is 5.43 Å². The van der Waals surface area contributed by atoms with Crippen LogP contribution < -0.4 is 10.4 Å². The minimum absolute atomic E-state index is 0.275. The summed E-state index contributed by atoms with van der Waals surface area (Å²) >= 11 is 0. The van der Waals surface area contributed by atoms with Gasteiger partial charge in [-0.1, -0.05) is 30.3 Å². The standard InChI is InChI=1S/C15H16N2O/c18-14-8-4-5-12(11-14)15-9-10-17(16-15)13-6-2-1-3-7-13/h1-8,11,15-16,18H,9-10H2. The third kappa shape index (κ3) is 2.17. The monoisotopic (exact) mass is 240 g/mol. The second-order valence-corrected chi connectivity index (χ2v) is 4.55. The number of aromatic hydroxyl groups is 1. The number of hydrazine groups is 1. The first-order chi connectivity index (χ1) is 8.83. The van der Waals surface area contributed by atoms with E-state index >= 15 is 0 Å². The summed E-state index contributed by atoms with van der Waals surface area (Å²) in [6.07, 6.45) is 1.04. The lowest BCUT2D eigenvalue weighted by Crippen LogP contribution is -2.31. The van der Waals surface area contributed by atoms with E-state index in [2.05, 4.69) is 22.6 Å². The van der Waals surface area contributed by atoms with Crippen LogP contribution in [-0.2, 0) is 0 Å². The van der Waals surface area contributed by atoms with Crippen molar-refractivity contribution in [3.05, 3.63) is 60.2 Å². The molecule has 0 aliphatic carbocycles. The minimum atomic E-state index is 0.275. The first kappa shape index (κ1) is 11.1. The molecule has 1 fully saturated rings. The molecule has 0 saturated carbocycles. The molecule has 0 bridgehead atoms. The predicted molar refractivity (Wildman–Crippen MR) is 72.4 cm³/mol. The van der Waals surface area contributed by atoms with Gasteiger partial charge in [0.05, 0.1) is 11.7 Å². The maximum Gasteiger partial charge on any atom is 0.115 e. The summed E-state index contributed by atoms with van der Waals surface area (Å²) in [5.74, 6) is 0.326. The van der Waals surface area contributed by atoms with Crippen LogP contribution in [0.2, 0.25) is 0 Å². The molecule has 18 heavy (non-hydrogen) atoms. The molecule has 3 nitrogen and oxygen atoms in total. The van der Waals surface area contributed by atoms with Crippen molar-refractivity contribution < 1.29 is 5.11 Å². The zero-order chi connectivity index (χ0) is 12.4. The van der Waals surface area contributed by atoms with Gasteiger partial charge in [0.1, 0.15) is 5.75 Å². The number of rotatable bonds is 2. The fourth-order valence-electron chi connectivity index (χ4n) is 2.37. The highest BCUT2D eigenvalue weighted by atomic mass is 16.3. The second-order valence-electron chi connectivity index (χ2n) is 4.55. The molecule has 1 saturated heterocycles. The molecule has 2 aromatic carbocycles. The second kappa shape index (κ2) is 4.70. The van der Waals surface area contributed by atoms with Gasteiger partial charge in [0.25, 0.3) is 0 Å². The van der Waals surface area contributed by atoms with E-state index in [1.807, 2.05) is 36.4 Å². The molecule has 1 heterocycles. The number of hydrogen-bond donors (Lipinski definition) is 2. The van der Waals surface area contributed by atoms with E-state index in [-0.39, 0.29) is 6.04 Å². The zero-order valence-corrected chi connectivity index (χ0v) is 10.1. The molecular formula is C15H16N2O. The number of nitrogens with one attached hydrogen (secondary N) is 1. The van der Waals surface area contributed by atoms with E-state index in [1.165, 1.54) is 5.69 Å². The molecule has 1 atom stereocenters. The molecule has 92 valence electrons. The van der Waals surface area contributed by atoms with Crippen LogP contribution in [0.25, 0.3) is 0 Å². The summed E-state index contributed by atoms with van der Waals surface area (Å²) in [6, 6.07) is 18.0. The van der Waals surface area contributed by atoms with Gasteiger partial charge in [-0.3, -0.25) is 0 Å². The molecular weight excluding hydrogens is 224 g/mol. The molecule has 1 unspecified atom stereocenters. The van der Waals surface area contributed by atoms with E-state index in [4.69, 9.17) is 0 Å². The van der Waals surface area contributed by atoms with E-state index in [1.54, 1.807) is 6.07 Å². The summed E-state index contributed by atoms with van der Waals surface area (Å²) in [5, 5.41) is 11.7. The Bertz CT molecular complexity index is 527. The first-order valence-corrected chi connectivity index (χ1v) is 6.20. The van der Waals surface area contributed by atoms with E-state index in [0.717, 1.165) is 18.5 Å². The number of anilines is 1. The van der Waals surface area contributed by atoms with Crippen LogP contribution in [0.3, 0.4) is 0 Å². The van der Waals surface area contributed by atoms with Crippen LogP contribution in [0.15, 0.2) is 54.6 Å². The van der Waals surface area contributed by atoms with Crippen LogP contribution >= 0.6 is 0 Å². The smallest absolute Gasteiger partial charge is 0.115 e. The maximum absolute atomic E-state index is 9.51. The fourth-order valence-corrected chi connectivity index (χ4v) is 2.37. The highest BCUT2D eigenvalue weighted by molar-refractivity contribution is 5.46. The number of benzene rings is 2. The van der Waals surface area contributed by atoms with Crippen molar-refractivity contribution >= 4 is 5.69 Å². The molecule has 2 N–H and O–H groups in total. The fraction of sp³-hybridized carbons (Fsp3) is 0.200. The van der Waals surface area contributed by atoms with Crippen molar-refractivity contribution in [2.75, 3.05) is 11.6 Å². The zero-order valence-electron chi connectivity index (χ0n) is 10.1. The van der Waals surface area contributed by atoms with E-state index < -0.39 is 0 Å². The van der Waals surface area contributed by atoms with Crippen LogP contribution in [0, 0.1) is 0 Å². The molecule has 0 radical (unpaired) electrons.